The van der Waals surface area contributed by atoms with E-state index in [1.54, 1.807) is 0 Å². The van der Waals surface area contributed by atoms with Gasteiger partial charge in [-0.3, -0.25) is 0 Å². The van der Waals surface area contributed by atoms with Crippen LogP contribution in [0.1, 0.15) is 31.2 Å². The number of nitrogens with one attached hydrogen (secondary N) is 1. The van der Waals surface area contributed by atoms with Crippen LogP contribution in [0.4, 0.5) is 5.95 Å². The maximum Gasteiger partial charge on any atom is 0.223 e. The summed E-state index contributed by atoms with van der Waals surface area (Å²) in [5, 5.41) is 11.9. The third-order valence-electron chi connectivity index (χ3n) is 2.15. The molecule has 1 atom stereocenters. The Morgan fingerprint density at radius 3 is 2.47 bits per heavy atom. The van der Waals surface area contributed by atoms with Crippen LogP contribution >= 0.6 is 0 Å². The van der Waals surface area contributed by atoms with Crippen LogP contribution < -0.4 is 5.32 Å². The molecule has 0 amide bonds. The van der Waals surface area contributed by atoms with E-state index in [0.717, 1.165) is 24.2 Å². The van der Waals surface area contributed by atoms with Gasteiger partial charge in [-0.25, -0.2) is 9.97 Å². The molecule has 4 heteroatoms. The zero-order valence-electron chi connectivity index (χ0n) is 9.62. The fourth-order valence-corrected chi connectivity index (χ4v) is 1.48. The minimum atomic E-state index is 0.236. The van der Waals surface area contributed by atoms with Gasteiger partial charge in [-0.2, -0.15) is 0 Å². The van der Waals surface area contributed by atoms with Crippen molar-refractivity contribution in [2.24, 2.45) is 0 Å². The first kappa shape index (κ1) is 11.9. The van der Waals surface area contributed by atoms with Gasteiger partial charge in [0.25, 0.3) is 0 Å². The lowest BCUT2D eigenvalue weighted by atomic mass is 10.2. The molecule has 0 aliphatic heterocycles. The van der Waals surface area contributed by atoms with E-state index in [1.807, 2.05) is 19.9 Å². The van der Waals surface area contributed by atoms with Gasteiger partial charge in [0.15, 0.2) is 0 Å². The van der Waals surface area contributed by atoms with Gasteiger partial charge < -0.3 is 10.4 Å². The summed E-state index contributed by atoms with van der Waals surface area (Å²) in [4.78, 5) is 8.59. The molecule has 0 saturated heterocycles. The molecule has 1 unspecified atom stereocenters. The predicted octanol–water partition coefficient (Wildman–Crippen LogP) is 1.67. The Bertz CT molecular complexity index is 294. The van der Waals surface area contributed by atoms with Gasteiger partial charge in [-0.05, 0) is 39.7 Å². The highest BCUT2D eigenvalue weighted by Gasteiger charge is 2.04. The zero-order chi connectivity index (χ0) is 11.3. The molecule has 1 heterocycles. The second kappa shape index (κ2) is 5.66. The normalized spacial score (nSPS) is 12.5. The fraction of sp³-hybridized carbons (Fsp3) is 0.636. The number of aryl methyl sites for hydroxylation is 2. The van der Waals surface area contributed by atoms with E-state index in [1.165, 1.54) is 0 Å². The number of aliphatic hydroxyl groups excluding tert-OH is 1. The lowest BCUT2D eigenvalue weighted by Gasteiger charge is -2.13. The second-order valence-corrected chi connectivity index (χ2v) is 3.89. The number of hydrogen-bond donors (Lipinski definition) is 2. The standard InChI is InChI=1S/C11H19N3O/c1-8(5-4-6-15)12-11-13-9(2)7-10(3)14-11/h7-8,15H,4-6H2,1-3H3,(H,12,13,14). The molecular formula is C11H19N3O. The first-order valence-electron chi connectivity index (χ1n) is 5.31. The molecular weight excluding hydrogens is 190 g/mol. The first-order valence-corrected chi connectivity index (χ1v) is 5.31. The van der Waals surface area contributed by atoms with Crippen LogP contribution in [-0.2, 0) is 0 Å². The molecule has 0 aromatic carbocycles. The predicted molar refractivity (Wildman–Crippen MR) is 60.9 cm³/mol. The summed E-state index contributed by atoms with van der Waals surface area (Å²) in [5.74, 6) is 0.679. The first-order chi connectivity index (χ1) is 7.11. The molecule has 0 fully saturated rings. The summed E-state index contributed by atoms with van der Waals surface area (Å²) in [5.41, 5.74) is 1.94. The van der Waals surface area contributed by atoms with Crippen molar-refractivity contribution in [1.29, 1.82) is 0 Å². The van der Waals surface area contributed by atoms with E-state index in [4.69, 9.17) is 5.11 Å². The lowest BCUT2D eigenvalue weighted by Crippen LogP contribution is -2.17. The molecule has 1 rings (SSSR count). The minimum absolute atomic E-state index is 0.236. The third kappa shape index (κ3) is 4.25. The fourth-order valence-electron chi connectivity index (χ4n) is 1.48. The highest BCUT2D eigenvalue weighted by atomic mass is 16.2. The van der Waals surface area contributed by atoms with E-state index < -0.39 is 0 Å². The molecule has 1 aromatic rings. The SMILES string of the molecule is Cc1cc(C)nc(NC(C)CCCO)n1. The Kier molecular flexibility index (Phi) is 4.49. The van der Waals surface area contributed by atoms with E-state index in [9.17, 15) is 0 Å². The molecule has 2 N–H and O–H groups in total. The summed E-state index contributed by atoms with van der Waals surface area (Å²) in [7, 11) is 0. The van der Waals surface area contributed by atoms with Crippen LogP contribution in [0.15, 0.2) is 6.07 Å². The monoisotopic (exact) mass is 209 g/mol. The summed E-state index contributed by atoms with van der Waals surface area (Å²) in [6.45, 7) is 6.22. The average molecular weight is 209 g/mol. The highest BCUT2D eigenvalue weighted by molar-refractivity contribution is 5.28. The molecule has 0 spiro atoms. The topological polar surface area (TPSA) is 58.0 Å². The Morgan fingerprint density at radius 2 is 1.93 bits per heavy atom. The Morgan fingerprint density at radius 1 is 1.33 bits per heavy atom. The summed E-state index contributed by atoms with van der Waals surface area (Å²) in [6.07, 6.45) is 1.73. The number of rotatable bonds is 5. The molecule has 0 saturated carbocycles. The maximum atomic E-state index is 8.71. The Hall–Kier alpha value is -1.16. The van der Waals surface area contributed by atoms with Crippen LogP contribution in [-0.4, -0.2) is 27.7 Å². The summed E-state index contributed by atoms with van der Waals surface area (Å²) < 4.78 is 0. The van der Waals surface area contributed by atoms with Gasteiger partial charge in [0, 0.05) is 24.0 Å². The minimum Gasteiger partial charge on any atom is -0.396 e. The van der Waals surface area contributed by atoms with Crippen molar-refractivity contribution in [2.45, 2.75) is 39.7 Å². The number of nitrogens with zero attached hydrogens (tertiary/aromatic N) is 2. The third-order valence-corrected chi connectivity index (χ3v) is 2.15. The molecule has 4 nitrogen and oxygen atoms in total. The van der Waals surface area contributed by atoms with Gasteiger partial charge in [0.1, 0.15) is 0 Å². The Labute approximate surface area is 90.8 Å². The molecule has 0 aliphatic rings. The summed E-state index contributed by atoms with van der Waals surface area (Å²) >= 11 is 0. The second-order valence-electron chi connectivity index (χ2n) is 3.89. The number of aliphatic hydroxyl groups is 1. The molecule has 0 aliphatic carbocycles. The van der Waals surface area contributed by atoms with Crippen molar-refractivity contribution >= 4 is 5.95 Å². The smallest absolute Gasteiger partial charge is 0.223 e. The van der Waals surface area contributed by atoms with Crippen molar-refractivity contribution in [2.75, 3.05) is 11.9 Å². The lowest BCUT2D eigenvalue weighted by molar-refractivity contribution is 0.282. The zero-order valence-corrected chi connectivity index (χ0v) is 9.62. The van der Waals surface area contributed by atoms with Crippen LogP contribution in [0.3, 0.4) is 0 Å². The van der Waals surface area contributed by atoms with Crippen LogP contribution in [0.5, 0.6) is 0 Å². The van der Waals surface area contributed by atoms with Crippen molar-refractivity contribution in [3.63, 3.8) is 0 Å². The quantitative estimate of drug-likeness (QED) is 0.774. The largest absolute Gasteiger partial charge is 0.396 e. The molecule has 0 bridgehead atoms. The molecule has 1 aromatic heterocycles. The molecule has 0 radical (unpaired) electrons. The van der Waals surface area contributed by atoms with Gasteiger partial charge in [0.05, 0.1) is 0 Å². The van der Waals surface area contributed by atoms with E-state index >= 15 is 0 Å². The van der Waals surface area contributed by atoms with Crippen LogP contribution in [0, 0.1) is 13.8 Å². The van der Waals surface area contributed by atoms with Crippen molar-refractivity contribution < 1.29 is 5.11 Å². The Balaban J connectivity index is 2.56. The van der Waals surface area contributed by atoms with Gasteiger partial charge >= 0.3 is 0 Å². The van der Waals surface area contributed by atoms with Crippen LogP contribution in [0.25, 0.3) is 0 Å². The highest BCUT2D eigenvalue weighted by Crippen LogP contribution is 2.07. The molecule has 84 valence electrons. The summed E-state index contributed by atoms with van der Waals surface area (Å²) in [6, 6.07) is 2.24. The van der Waals surface area contributed by atoms with Crippen LogP contribution in [0.2, 0.25) is 0 Å². The van der Waals surface area contributed by atoms with Gasteiger partial charge in [-0.15, -0.1) is 0 Å². The average Bonchev–Trinajstić information content (AvgIpc) is 2.13. The van der Waals surface area contributed by atoms with Crippen molar-refractivity contribution in [3.8, 4) is 0 Å². The number of anilines is 1. The van der Waals surface area contributed by atoms with Crippen molar-refractivity contribution in [1.82, 2.24) is 9.97 Å². The van der Waals surface area contributed by atoms with Gasteiger partial charge in [-0.1, -0.05) is 0 Å². The molecule has 15 heavy (non-hydrogen) atoms. The van der Waals surface area contributed by atoms with E-state index in [-0.39, 0.29) is 6.61 Å². The van der Waals surface area contributed by atoms with E-state index in [2.05, 4.69) is 22.2 Å². The number of hydrogen-bond acceptors (Lipinski definition) is 4. The van der Waals surface area contributed by atoms with Crippen molar-refractivity contribution in [3.05, 3.63) is 17.5 Å². The van der Waals surface area contributed by atoms with Gasteiger partial charge in [0.2, 0.25) is 5.95 Å². The number of aromatic nitrogens is 2. The van der Waals surface area contributed by atoms with E-state index in [0.29, 0.717) is 12.0 Å². The maximum absolute atomic E-state index is 8.71.